The van der Waals surface area contributed by atoms with Gasteiger partial charge < -0.3 is 21.7 Å². The molecule has 8 nitrogen and oxygen atoms in total. The number of benzene rings is 3. The van der Waals surface area contributed by atoms with Crippen molar-refractivity contribution in [3.8, 4) is 0 Å². The minimum atomic E-state index is -0.616. The average molecular weight is 549 g/mol. The van der Waals surface area contributed by atoms with E-state index in [1.165, 1.54) is 5.56 Å². The summed E-state index contributed by atoms with van der Waals surface area (Å²) in [6, 6.07) is 20.1. The number of hydrogen-bond donors (Lipinski definition) is 4. The molecule has 0 saturated carbocycles. The number of amides is 2. The number of nitrogens with two attached hydrogens (primary N) is 2. The van der Waals surface area contributed by atoms with Gasteiger partial charge >= 0.3 is 0 Å². The zero-order chi connectivity index (χ0) is 27.9. The molecule has 39 heavy (non-hydrogen) atoms. The van der Waals surface area contributed by atoms with E-state index in [9.17, 15) is 9.59 Å². The summed E-state index contributed by atoms with van der Waals surface area (Å²) < 4.78 is 0. The maximum atomic E-state index is 13.7. The zero-order valence-electron chi connectivity index (χ0n) is 22.4. The topological polar surface area (TPSA) is 126 Å². The molecule has 3 aromatic rings. The van der Waals surface area contributed by atoms with Gasteiger partial charge in [0.15, 0.2) is 5.96 Å². The lowest BCUT2D eigenvalue weighted by molar-refractivity contribution is -0.133. The molecule has 0 aromatic heterocycles. The smallest absolute Gasteiger partial charge is 0.251 e. The average Bonchev–Trinajstić information content (AvgIpc) is 3.08. The van der Waals surface area contributed by atoms with Crippen molar-refractivity contribution in [2.45, 2.75) is 50.7 Å². The quantitative estimate of drug-likeness (QED) is 0.240. The molecule has 1 unspecified atom stereocenters. The molecule has 4 atom stereocenters. The van der Waals surface area contributed by atoms with Crippen LogP contribution in [0.3, 0.4) is 0 Å². The molecule has 206 valence electrons. The largest absolute Gasteiger partial charge is 0.370 e. The minimum Gasteiger partial charge on any atom is -0.370 e. The molecule has 4 rings (SSSR count). The molecule has 6 N–H and O–H groups in total. The Morgan fingerprint density at radius 1 is 1.13 bits per heavy atom. The fourth-order valence-electron chi connectivity index (χ4n) is 5.16. The van der Waals surface area contributed by atoms with Gasteiger partial charge in [-0.1, -0.05) is 61.0 Å². The second-order valence-electron chi connectivity index (χ2n) is 10.1. The lowest BCUT2D eigenvalue weighted by Crippen LogP contribution is -2.54. The molecule has 1 saturated heterocycles. The molecule has 3 aromatic carbocycles. The zero-order valence-corrected chi connectivity index (χ0v) is 23.2. The minimum absolute atomic E-state index is 0.0381. The molecular weight excluding hydrogens is 512 g/mol. The lowest BCUT2D eigenvalue weighted by atomic mass is 9.95. The Balaban J connectivity index is 1.48. The Morgan fingerprint density at radius 2 is 1.85 bits per heavy atom. The van der Waals surface area contributed by atoms with Crippen molar-refractivity contribution >= 4 is 40.1 Å². The Kier molecular flexibility index (Phi) is 9.43. The van der Waals surface area contributed by atoms with Gasteiger partial charge in [-0.15, -0.1) is 0 Å². The molecule has 9 heteroatoms. The number of guanidine groups is 1. The second kappa shape index (κ2) is 13.0. The number of nitrogens with zero attached hydrogens (tertiary/aromatic N) is 2. The van der Waals surface area contributed by atoms with E-state index >= 15 is 0 Å². The first-order chi connectivity index (χ1) is 18.7. The van der Waals surface area contributed by atoms with Crippen LogP contribution in [0.4, 0.5) is 0 Å². The number of hydrogen-bond acceptors (Lipinski definition) is 4. The van der Waals surface area contributed by atoms with Gasteiger partial charge in [-0.2, -0.15) is 0 Å². The summed E-state index contributed by atoms with van der Waals surface area (Å²) in [5.41, 5.74) is 13.1. The lowest BCUT2D eigenvalue weighted by Gasteiger charge is -2.30. The maximum absolute atomic E-state index is 13.7. The summed E-state index contributed by atoms with van der Waals surface area (Å²) in [6.45, 7) is 5.49. The molecule has 0 radical (unpaired) electrons. The highest BCUT2D eigenvalue weighted by molar-refractivity contribution is 6.31. The van der Waals surface area contributed by atoms with E-state index in [-0.39, 0.29) is 29.7 Å². The van der Waals surface area contributed by atoms with Crippen molar-refractivity contribution in [3.63, 3.8) is 0 Å². The monoisotopic (exact) mass is 548 g/mol. The van der Waals surface area contributed by atoms with Gasteiger partial charge in [-0.05, 0) is 60.4 Å². The highest BCUT2D eigenvalue weighted by atomic mass is 35.5. The standard InChI is InChI=1S/C30H37ClN6O2/c1-3-20(21-7-5-4-6-8-21)18-37-14-13-26(36-27(29(37)39)19(2)35-30(32)33)17-34-28(38)24-10-9-23-16-25(31)12-11-22(23)15-24/h4-12,15-16,19-20,26-27,36H,3,13-14,17-18H2,1-2H3,(H,34,38)(H4,32,33,35)/t19?,20-,26+,27+/m1/s1. The first-order valence-corrected chi connectivity index (χ1v) is 13.8. The molecule has 0 bridgehead atoms. The van der Waals surface area contributed by atoms with Gasteiger partial charge in [-0.3, -0.25) is 14.9 Å². The fraction of sp³-hybridized carbons (Fsp3) is 0.367. The van der Waals surface area contributed by atoms with E-state index in [1.54, 1.807) is 6.07 Å². The van der Waals surface area contributed by atoms with Gasteiger partial charge in [0.25, 0.3) is 5.91 Å². The van der Waals surface area contributed by atoms with E-state index in [0.717, 1.165) is 17.2 Å². The number of carbonyl (C=O) groups excluding carboxylic acids is 2. The third kappa shape index (κ3) is 7.28. The van der Waals surface area contributed by atoms with Crippen molar-refractivity contribution in [2.24, 2.45) is 16.5 Å². The predicted molar refractivity (Wildman–Crippen MR) is 158 cm³/mol. The number of fused-ring (bicyclic) bond motifs is 1. The van der Waals surface area contributed by atoms with Crippen molar-refractivity contribution < 1.29 is 9.59 Å². The van der Waals surface area contributed by atoms with Crippen LogP contribution in [0.15, 0.2) is 71.7 Å². The summed E-state index contributed by atoms with van der Waals surface area (Å²) in [5.74, 6) is -0.0618. The van der Waals surface area contributed by atoms with Crippen LogP contribution in [0.5, 0.6) is 0 Å². The number of carbonyl (C=O) groups is 2. The van der Waals surface area contributed by atoms with Crippen LogP contribution in [0, 0.1) is 0 Å². The second-order valence-corrected chi connectivity index (χ2v) is 10.6. The molecule has 2 amide bonds. The van der Waals surface area contributed by atoms with E-state index in [1.807, 2.05) is 60.4 Å². The van der Waals surface area contributed by atoms with Crippen LogP contribution in [0.2, 0.25) is 5.02 Å². The summed E-state index contributed by atoms with van der Waals surface area (Å²) in [6.07, 6.45) is 1.59. The van der Waals surface area contributed by atoms with Crippen molar-refractivity contribution in [3.05, 3.63) is 82.9 Å². The molecule has 1 aliphatic rings. The highest BCUT2D eigenvalue weighted by Gasteiger charge is 2.35. The number of nitrogens with one attached hydrogen (secondary N) is 2. The van der Waals surface area contributed by atoms with Gasteiger partial charge in [0.2, 0.25) is 5.91 Å². The van der Waals surface area contributed by atoms with Crippen LogP contribution in [-0.2, 0) is 4.79 Å². The molecule has 0 spiro atoms. The summed E-state index contributed by atoms with van der Waals surface area (Å²) >= 11 is 6.08. The first-order valence-electron chi connectivity index (χ1n) is 13.4. The Hall–Kier alpha value is -3.62. The van der Waals surface area contributed by atoms with E-state index in [4.69, 9.17) is 23.1 Å². The normalized spacial score (nSPS) is 19.3. The Morgan fingerprint density at radius 3 is 2.56 bits per heavy atom. The van der Waals surface area contributed by atoms with E-state index in [0.29, 0.717) is 36.6 Å². The molecule has 1 aliphatic heterocycles. The van der Waals surface area contributed by atoms with Gasteiger partial charge in [0, 0.05) is 42.2 Å². The third-order valence-corrected chi connectivity index (χ3v) is 7.59. The van der Waals surface area contributed by atoms with Crippen molar-refractivity contribution in [1.82, 2.24) is 15.5 Å². The SMILES string of the molecule is CC[C@H](CN1CC[C@@H](CNC(=O)c2ccc3cc(Cl)ccc3c2)N[C@@H](C(C)N=C(N)N)C1=O)c1ccccc1. The highest BCUT2D eigenvalue weighted by Crippen LogP contribution is 2.23. The summed E-state index contributed by atoms with van der Waals surface area (Å²) in [7, 11) is 0. The number of halogens is 1. The van der Waals surface area contributed by atoms with Crippen molar-refractivity contribution in [2.75, 3.05) is 19.6 Å². The van der Waals surface area contributed by atoms with Gasteiger partial charge in [0.05, 0.1) is 6.04 Å². The maximum Gasteiger partial charge on any atom is 0.251 e. The van der Waals surface area contributed by atoms with E-state index < -0.39 is 12.1 Å². The number of aliphatic imine (C=N–C) groups is 1. The van der Waals surface area contributed by atoms with Gasteiger partial charge in [0.1, 0.15) is 6.04 Å². The van der Waals surface area contributed by atoms with Crippen LogP contribution in [0.1, 0.15) is 48.5 Å². The third-order valence-electron chi connectivity index (χ3n) is 7.35. The van der Waals surface area contributed by atoms with Crippen LogP contribution in [0.25, 0.3) is 10.8 Å². The summed E-state index contributed by atoms with van der Waals surface area (Å²) in [4.78, 5) is 32.9. The van der Waals surface area contributed by atoms with E-state index in [2.05, 4.69) is 34.7 Å². The first kappa shape index (κ1) is 28.4. The van der Waals surface area contributed by atoms with Gasteiger partial charge in [-0.25, -0.2) is 4.99 Å². The molecule has 0 aliphatic carbocycles. The van der Waals surface area contributed by atoms with Crippen LogP contribution in [-0.4, -0.2) is 60.4 Å². The molecular formula is C30H37ClN6O2. The number of rotatable bonds is 9. The fourth-order valence-corrected chi connectivity index (χ4v) is 5.34. The Labute approximate surface area is 234 Å². The van der Waals surface area contributed by atoms with Crippen LogP contribution < -0.4 is 22.1 Å². The molecule has 1 fully saturated rings. The van der Waals surface area contributed by atoms with Crippen molar-refractivity contribution in [1.29, 1.82) is 0 Å². The Bertz CT molecular complexity index is 1330. The molecule has 1 heterocycles. The van der Waals surface area contributed by atoms with Crippen LogP contribution >= 0.6 is 11.6 Å². The summed E-state index contributed by atoms with van der Waals surface area (Å²) in [5, 5.41) is 9.04. The predicted octanol–water partition coefficient (Wildman–Crippen LogP) is 3.64.